The van der Waals surface area contributed by atoms with Crippen molar-refractivity contribution in [2.45, 2.75) is 33.9 Å². The highest BCUT2D eigenvalue weighted by Gasteiger charge is 2.21. The van der Waals surface area contributed by atoms with E-state index in [0.717, 1.165) is 10.5 Å². The molecule has 8 nitrogen and oxygen atoms in total. The highest BCUT2D eigenvalue weighted by molar-refractivity contribution is 6.30. The van der Waals surface area contributed by atoms with E-state index < -0.39 is 24.4 Å². The molecule has 0 atom stereocenters. The number of benzene rings is 2. The number of halogens is 2. The summed E-state index contributed by atoms with van der Waals surface area (Å²) in [5, 5.41) is 9.76. The Morgan fingerprint density at radius 3 is 2.57 bits per heavy atom. The lowest BCUT2D eigenvalue weighted by Crippen LogP contribution is -2.36. The van der Waals surface area contributed by atoms with Crippen LogP contribution in [0.4, 0.5) is 9.18 Å². The topological polar surface area (TPSA) is 102 Å². The van der Waals surface area contributed by atoms with Crippen LogP contribution >= 0.6 is 11.6 Å². The van der Waals surface area contributed by atoms with Gasteiger partial charge in [-0.25, -0.2) is 14.2 Å². The largest absolute Gasteiger partial charge is 0.487 e. The zero-order chi connectivity index (χ0) is 25.5. The first-order valence-electron chi connectivity index (χ1n) is 10.9. The highest BCUT2D eigenvalue weighted by atomic mass is 35.5. The minimum atomic E-state index is -1.24. The molecule has 0 aliphatic rings. The number of aliphatic carboxylic acids is 1. The second kappa shape index (κ2) is 11.7. The van der Waals surface area contributed by atoms with Crippen molar-refractivity contribution < 1.29 is 33.0 Å². The van der Waals surface area contributed by atoms with Crippen molar-refractivity contribution in [3.8, 4) is 17.2 Å². The maximum Gasteiger partial charge on any atom is 0.410 e. The first-order valence-corrected chi connectivity index (χ1v) is 11.3. The summed E-state index contributed by atoms with van der Waals surface area (Å²) in [6.45, 7) is 4.71. The molecule has 1 aromatic heterocycles. The number of ether oxygens (including phenoxy) is 2. The second-order valence-electron chi connectivity index (χ2n) is 8.29. The van der Waals surface area contributed by atoms with E-state index in [-0.39, 0.29) is 31.2 Å². The molecule has 1 amide bonds. The summed E-state index contributed by atoms with van der Waals surface area (Å²) in [6, 6.07) is 11.1. The Bertz CT molecular complexity index is 1180. The number of hydrogen-bond donors (Lipinski definition) is 1. The number of carboxylic acid groups (broad SMARTS) is 1. The van der Waals surface area contributed by atoms with E-state index in [0.29, 0.717) is 28.1 Å². The lowest BCUT2D eigenvalue weighted by atomic mass is 10.2. The Hall–Kier alpha value is -3.59. The average molecular weight is 505 g/mol. The third-order valence-electron chi connectivity index (χ3n) is 4.86. The van der Waals surface area contributed by atoms with Crippen LogP contribution < -0.4 is 4.74 Å². The van der Waals surface area contributed by atoms with Gasteiger partial charge in [-0.2, -0.15) is 0 Å². The standard InChI is InChI=1S/C25H26ClFN2O6/c1-15(2)13-34-25(32)29(12-23(30)31)11-18-10-20(8-9-21(18)27)33-14-22-16(3)35-24(28-22)17-4-6-19(26)7-5-17/h4-10,15H,11-14H2,1-3H3,(H,30,31). The van der Waals surface area contributed by atoms with Gasteiger partial charge in [-0.15, -0.1) is 0 Å². The van der Waals surface area contributed by atoms with Gasteiger partial charge in [0.1, 0.15) is 36.2 Å². The molecule has 0 radical (unpaired) electrons. The summed E-state index contributed by atoms with van der Waals surface area (Å²) >= 11 is 5.92. The molecule has 0 saturated heterocycles. The predicted molar refractivity (Wildman–Crippen MR) is 127 cm³/mol. The van der Waals surface area contributed by atoms with Crippen LogP contribution in [0.2, 0.25) is 5.02 Å². The summed E-state index contributed by atoms with van der Waals surface area (Å²) < 4.78 is 31.1. The number of rotatable bonds is 10. The van der Waals surface area contributed by atoms with Crippen molar-refractivity contribution in [3.63, 3.8) is 0 Å². The van der Waals surface area contributed by atoms with Gasteiger partial charge in [0.2, 0.25) is 5.89 Å². The Kier molecular flexibility index (Phi) is 8.70. The van der Waals surface area contributed by atoms with E-state index in [2.05, 4.69) is 4.98 Å². The van der Waals surface area contributed by atoms with Crippen molar-refractivity contribution in [1.29, 1.82) is 0 Å². The molecule has 3 aromatic rings. The molecule has 0 aliphatic carbocycles. The Labute approximate surface area is 207 Å². The fourth-order valence-corrected chi connectivity index (χ4v) is 3.20. The minimum Gasteiger partial charge on any atom is -0.487 e. The van der Waals surface area contributed by atoms with Crippen LogP contribution in [0.15, 0.2) is 46.9 Å². The fraction of sp³-hybridized carbons (Fsp3) is 0.320. The molecule has 1 N–H and O–H groups in total. The maximum atomic E-state index is 14.5. The molecule has 0 unspecified atom stereocenters. The summed E-state index contributed by atoms with van der Waals surface area (Å²) in [7, 11) is 0. The third-order valence-corrected chi connectivity index (χ3v) is 5.11. The van der Waals surface area contributed by atoms with E-state index in [1.54, 1.807) is 31.2 Å². The zero-order valence-electron chi connectivity index (χ0n) is 19.6. The zero-order valence-corrected chi connectivity index (χ0v) is 20.3. The maximum absolute atomic E-state index is 14.5. The number of hydrogen-bond acceptors (Lipinski definition) is 6. The number of oxazole rings is 1. The van der Waals surface area contributed by atoms with Gasteiger partial charge in [-0.1, -0.05) is 25.4 Å². The number of aryl methyl sites for hydroxylation is 1. The van der Waals surface area contributed by atoms with Crippen LogP contribution in [0, 0.1) is 18.7 Å². The van der Waals surface area contributed by atoms with Crippen LogP contribution in [0.3, 0.4) is 0 Å². The average Bonchev–Trinajstić information content (AvgIpc) is 3.18. The number of carbonyl (C=O) groups is 2. The van der Waals surface area contributed by atoms with E-state index in [1.807, 2.05) is 13.8 Å². The molecule has 0 bridgehead atoms. The normalized spacial score (nSPS) is 10.9. The number of aromatic nitrogens is 1. The first-order chi connectivity index (χ1) is 16.6. The smallest absolute Gasteiger partial charge is 0.410 e. The Balaban J connectivity index is 1.71. The van der Waals surface area contributed by atoms with Crippen molar-refractivity contribution >= 4 is 23.7 Å². The molecule has 0 spiro atoms. The molecule has 3 rings (SSSR count). The number of carboxylic acids is 1. The van der Waals surface area contributed by atoms with Crippen molar-refractivity contribution in [2.75, 3.05) is 13.2 Å². The Morgan fingerprint density at radius 1 is 1.20 bits per heavy atom. The van der Waals surface area contributed by atoms with Gasteiger partial charge in [0.15, 0.2) is 0 Å². The third kappa shape index (κ3) is 7.45. The van der Waals surface area contributed by atoms with Crippen molar-refractivity contribution in [1.82, 2.24) is 9.88 Å². The summed E-state index contributed by atoms with van der Waals surface area (Å²) in [4.78, 5) is 28.9. The van der Waals surface area contributed by atoms with Crippen molar-refractivity contribution in [3.05, 3.63) is 70.3 Å². The predicted octanol–water partition coefficient (Wildman–Crippen LogP) is 5.70. The SMILES string of the molecule is Cc1oc(-c2ccc(Cl)cc2)nc1COc1ccc(F)c(CN(CC(=O)O)C(=O)OCC(C)C)c1. The highest BCUT2D eigenvalue weighted by Crippen LogP contribution is 2.25. The molecule has 35 heavy (non-hydrogen) atoms. The van der Waals surface area contributed by atoms with Crippen molar-refractivity contribution in [2.24, 2.45) is 5.92 Å². The molecule has 0 fully saturated rings. The van der Waals surface area contributed by atoms with Gasteiger partial charge >= 0.3 is 12.1 Å². The van der Waals surface area contributed by atoms with Crippen LogP contribution in [0.5, 0.6) is 5.75 Å². The number of carbonyl (C=O) groups excluding carboxylic acids is 1. The minimum absolute atomic E-state index is 0.0588. The van der Waals surface area contributed by atoms with Crippen LogP contribution in [0.1, 0.15) is 30.9 Å². The molecule has 10 heteroatoms. The van der Waals surface area contributed by atoms with Gasteiger partial charge in [0, 0.05) is 16.1 Å². The molecule has 1 heterocycles. The van der Waals surface area contributed by atoms with E-state index in [9.17, 15) is 14.0 Å². The van der Waals surface area contributed by atoms with E-state index in [1.165, 1.54) is 18.2 Å². The molecule has 0 aliphatic heterocycles. The van der Waals surface area contributed by atoms with E-state index >= 15 is 0 Å². The van der Waals surface area contributed by atoms with Crippen LogP contribution in [-0.2, 0) is 22.7 Å². The summed E-state index contributed by atoms with van der Waals surface area (Å²) in [5.74, 6) is -0.467. The quantitative estimate of drug-likeness (QED) is 0.377. The number of nitrogens with zero attached hydrogens (tertiary/aromatic N) is 2. The lowest BCUT2D eigenvalue weighted by Gasteiger charge is -2.21. The van der Waals surface area contributed by atoms with Crippen LogP contribution in [0.25, 0.3) is 11.5 Å². The van der Waals surface area contributed by atoms with Gasteiger partial charge < -0.3 is 19.0 Å². The summed E-state index contributed by atoms with van der Waals surface area (Å²) in [5.41, 5.74) is 1.41. The van der Waals surface area contributed by atoms with Gasteiger partial charge in [0.05, 0.1) is 13.2 Å². The monoisotopic (exact) mass is 504 g/mol. The van der Waals surface area contributed by atoms with Crippen LogP contribution in [-0.4, -0.2) is 40.2 Å². The van der Waals surface area contributed by atoms with Gasteiger partial charge in [0.25, 0.3) is 0 Å². The fourth-order valence-electron chi connectivity index (χ4n) is 3.07. The Morgan fingerprint density at radius 2 is 1.91 bits per heavy atom. The first kappa shape index (κ1) is 26.0. The second-order valence-corrected chi connectivity index (χ2v) is 8.73. The lowest BCUT2D eigenvalue weighted by molar-refractivity contribution is -0.138. The van der Waals surface area contributed by atoms with E-state index in [4.69, 9.17) is 30.6 Å². The molecule has 186 valence electrons. The van der Waals surface area contributed by atoms with Gasteiger partial charge in [-0.05, 0) is 55.3 Å². The number of amides is 1. The molecule has 0 saturated carbocycles. The molecule has 2 aromatic carbocycles. The van der Waals surface area contributed by atoms with Gasteiger partial charge in [-0.3, -0.25) is 9.69 Å². The summed E-state index contributed by atoms with van der Waals surface area (Å²) in [6.07, 6.45) is -0.834. The molecular formula is C25H26ClFN2O6. The molecular weight excluding hydrogens is 479 g/mol.